The van der Waals surface area contributed by atoms with Gasteiger partial charge in [-0.25, -0.2) is 4.68 Å². The summed E-state index contributed by atoms with van der Waals surface area (Å²) < 4.78 is 12.4. The number of aldehydes is 1. The fourth-order valence-corrected chi connectivity index (χ4v) is 2.16. The number of nitrogens with zero attached hydrogens (tertiary/aromatic N) is 3. The third-order valence-electron chi connectivity index (χ3n) is 3.25. The number of ether oxygens (including phenoxy) is 2. The van der Waals surface area contributed by atoms with Crippen molar-refractivity contribution in [3.05, 3.63) is 66.0 Å². The summed E-state index contributed by atoms with van der Waals surface area (Å²) in [6, 6.07) is 16.9. The molecule has 6 heteroatoms. The van der Waals surface area contributed by atoms with Crippen molar-refractivity contribution in [1.29, 1.82) is 0 Å². The minimum atomic E-state index is 0.253. The number of benzene rings is 2. The van der Waals surface area contributed by atoms with Crippen LogP contribution in [-0.2, 0) is 11.3 Å². The lowest BCUT2D eigenvalue weighted by Crippen LogP contribution is -2.04. The minimum absolute atomic E-state index is 0.253. The van der Waals surface area contributed by atoms with Crippen LogP contribution in [0.1, 0.15) is 16.2 Å². The molecule has 0 aliphatic carbocycles. The van der Waals surface area contributed by atoms with Gasteiger partial charge in [-0.1, -0.05) is 23.4 Å². The molecular formula is C17H15N3O3. The lowest BCUT2D eigenvalue weighted by atomic mass is 10.2. The summed E-state index contributed by atoms with van der Waals surface area (Å²) in [5.74, 6) is 1.48. The molecule has 0 saturated heterocycles. The molecule has 0 spiro atoms. The molecule has 0 aliphatic rings. The fourth-order valence-electron chi connectivity index (χ4n) is 2.16. The zero-order valence-electron chi connectivity index (χ0n) is 12.5. The molecule has 3 aromatic rings. The van der Waals surface area contributed by atoms with Gasteiger partial charge in [0.2, 0.25) is 0 Å². The molecule has 23 heavy (non-hydrogen) atoms. The van der Waals surface area contributed by atoms with E-state index in [2.05, 4.69) is 10.3 Å². The van der Waals surface area contributed by atoms with Gasteiger partial charge in [0.1, 0.15) is 17.2 Å². The third kappa shape index (κ3) is 3.27. The normalized spacial score (nSPS) is 10.5. The van der Waals surface area contributed by atoms with Crippen LogP contribution in [0.3, 0.4) is 0 Å². The zero-order valence-corrected chi connectivity index (χ0v) is 12.5. The topological polar surface area (TPSA) is 66.2 Å². The number of methoxy groups -OCH3 is 1. The number of hydrogen-bond acceptors (Lipinski definition) is 5. The summed E-state index contributed by atoms with van der Waals surface area (Å²) in [7, 11) is 1.56. The summed E-state index contributed by atoms with van der Waals surface area (Å²) in [5.41, 5.74) is 1.66. The van der Waals surface area contributed by atoms with E-state index in [9.17, 15) is 4.79 Å². The van der Waals surface area contributed by atoms with E-state index in [1.807, 2.05) is 54.6 Å². The maximum Gasteiger partial charge on any atom is 0.172 e. The maximum absolute atomic E-state index is 11.0. The number of aromatic nitrogens is 3. The van der Waals surface area contributed by atoms with Crippen molar-refractivity contribution < 1.29 is 14.3 Å². The average molecular weight is 309 g/mol. The van der Waals surface area contributed by atoms with E-state index < -0.39 is 0 Å². The largest absolute Gasteiger partial charge is 0.457 e. The zero-order chi connectivity index (χ0) is 16.1. The Labute approximate surface area is 133 Å². The van der Waals surface area contributed by atoms with Crippen LogP contribution < -0.4 is 4.74 Å². The molecule has 1 heterocycles. The van der Waals surface area contributed by atoms with E-state index >= 15 is 0 Å². The van der Waals surface area contributed by atoms with Crippen molar-refractivity contribution in [2.24, 2.45) is 0 Å². The molecule has 0 bridgehead atoms. The molecule has 0 fully saturated rings. The predicted octanol–water partition coefficient (Wildman–Crippen LogP) is 3.02. The SMILES string of the molecule is COCc1c(C=O)nnn1-c1ccc(Oc2ccccc2)cc1. The Morgan fingerprint density at radius 2 is 1.74 bits per heavy atom. The van der Waals surface area contributed by atoms with Crippen LogP contribution in [0.2, 0.25) is 0 Å². The average Bonchev–Trinajstić information content (AvgIpc) is 3.00. The second kappa shape index (κ2) is 6.85. The van der Waals surface area contributed by atoms with E-state index in [1.165, 1.54) is 0 Å². The molecule has 6 nitrogen and oxygen atoms in total. The third-order valence-corrected chi connectivity index (χ3v) is 3.25. The Hall–Kier alpha value is -2.99. The Morgan fingerprint density at radius 1 is 1.04 bits per heavy atom. The number of carbonyl (C=O) groups is 1. The molecular weight excluding hydrogens is 294 g/mol. The summed E-state index contributed by atoms with van der Waals surface area (Å²) >= 11 is 0. The molecule has 0 aliphatic heterocycles. The molecule has 0 saturated carbocycles. The highest BCUT2D eigenvalue weighted by Crippen LogP contribution is 2.23. The lowest BCUT2D eigenvalue weighted by molar-refractivity contribution is 0.111. The van der Waals surface area contributed by atoms with Crippen molar-refractivity contribution >= 4 is 6.29 Å². The molecule has 0 unspecified atom stereocenters. The van der Waals surface area contributed by atoms with Crippen molar-refractivity contribution in [3.63, 3.8) is 0 Å². The van der Waals surface area contributed by atoms with Gasteiger partial charge < -0.3 is 9.47 Å². The van der Waals surface area contributed by atoms with Crippen LogP contribution in [0, 0.1) is 0 Å². The molecule has 0 N–H and O–H groups in total. The van der Waals surface area contributed by atoms with Crippen molar-refractivity contribution in [3.8, 4) is 17.2 Å². The number of rotatable bonds is 6. The maximum atomic E-state index is 11.0. The van der Waals surface area contributed by atoms with E-state index in [-0.39, 0.29) is 12.3 Å². The first kappa shape index (κ1) is 14.9. The van der Waals surface area contributed by atoms with E-state index in [0.717, 1.165) is 11.4 Å². The quantitative estimate of drug-likeness (QED) is 0.655. The fraction of sp³-hybridized carbons (Fsp3) is 0.118. The highest BCUT2D eigenvalue weighted by molar-refractivity contribution is 5.73. The van der Waals surface area contributed by atoms with Gasteiger partial charge in [-0.05, 0) is 36.4 Å². The van der Waals surface area contributed by atoms with Gasteiger partial charge in [-0.2, -0.15) is 0 Å². The van der Waals surface area contributed by atoms with E-state index in [1.54, 1.807) is 11.8 Å². The Kier molecular flexibility index (Phi) is 4.44. The highest BCUT2D eigenvalue weighted by Gasteiger charge is 2.13. The first-order chi connectivity index (χ1) is 11.3. The first-order valence-corrected chi connectivity index (χ1v) is 7.04. The van der Waals surface area contributed by atoms with Crippen LogP contribution in [0.4, 0.5) is 0 Å². The summed E-state index contributed by atoms with van der Waals surface area (Å²) in [6.45, 7) is 0.253. The Morgan fingerprint density at radius 3 is 2.39 bits per heavy atom. The molecule has 0 amide bonds. The molecule has 2 aromatic carbocycles. The summed E-state index contributed by atoms with van der Waals surface area (Å²) in [5, 5.41) is 7.86. The van der Waals surface area contributed by atoms with E-state index in [0.29, 0.717) is 17.7 Å². The number of carbonyl (C=O) groups excluding carboxylic acids is 1. The van der Waals surface area contributed by atoms with Gasteiger partial charge in [0.25, 0.3) is 0 Å². The molecule has 116 valence electrons. The summed E-state index contributed by atoms with van der Waals surface area (Å²) in [4.78, 5) is 11.0. The lowest BCUT2D eigenvalue weighted by Gasteiger charge is -2.08. The van der Waals surface area contributed by atoms with Crippen LogP contribution in [0.5, 0.6) is 11.5 Å². The highest BCUT2D eigenvalue weighted by atomic mass is 16.5. The smallest absolute Gasteiger partial charge is 0.172 e. The predicted molar refractivity (Wildman–Crippen MR) is 84.0 cm³/mol. The number of hydrogen-bond donors (Lipinski definition) is 0. The molecule has 0 radical (unpaired) electrons. The monoisotopic (exact) mass is 309 g/mol. The van der Waals surface area contributed by atoms with Gasteiger partial charge in [-0.15, -0.1) is 5.10 Å². The van der Waals surface area contributed by atoms with Crippen molar-refractivity contribution in [2.75, 3.05) is 7.11 Å². The van der Waals surface area contributed by atoms with Crippen LogP contribution in [0.25, 0.3) is 5.69 Å². The van der Waals surface area contributed by atoms with Crippen LogP contribution in [-0.4, -0.2) is 28.4 Å². The second-order valence-corrected chi connectivity index (χ2v) is 4.79. The minimum Gasteiger partial charge on any atom is -0.457 e. The van der Waals surface area contributed by atoms with Crippen LogP contribution in [0.15, 0.2) is 54.6 Å². The number of para-hydroxylation sites is 1. The van der Waals surface area contributed by atoms with Crippen LogP contribution >= 0.6 is 0 Å². The van der Waals surface area contributed by atoms with Gasteiger partial charge in [0.05, 0.1) is 12.3 Å². The molecule has 1 aromatic heterocycles. The standard InChI is InChI=1S/C17H15N3O3/c1-22-12-17-16(11-21)18-19-20(17)13-7-9-15(10-8-13)23-14-5-3-2-4-6-14/h2-11H,12H2,1H3. The first-order valence-electron chi connectivity index (χ1n) is 7.04. The van der Waals surface area contributed by atoms with Crippen molar-refractivity contribution in [1.82, 2.24) is 15.0 Å². The van der Waals surface area contributed by atoms with Gasteiger partial charge in [0.15, 0.2) is 12.0 Å². The Bertz CT molecular complexity index is 783. The summed E-state index contributed by atoms with van der Waals surface area (Å²) in [6.07, 6.45) is 0.671. The Balaban J connectivity index is 1.85. The van der Waals surface area contributed by atoms with Gasteiger partial charge in [0, 0.05) is 7.11 Å². The second-order valence-electron chi connectivity index (χ2n) is 4.79. The van der Waals surface area contributed by atoms with Crippen molar-refractivity contribution in [2.45, 2.75) is 6.61 Å². The van der Waals surface area contributed by atoms with E-state index in [4.69, 9.17) is 9.47 Å². The van der Waals surface area contributed by atoms with Gasteiger partial charge >= 0.3 is 0 Å². The molecule has 0 atom stereocenters. The molecule has 3 rings (SSSR count). The van der Waals surface area contributed by atoms with Gasteiger partial charge in [-0.3, -0.25) is 4.79 Å².